The number of carbonyl (C=O) groups excluding carboxylic acids is 1. The van der Waals surface area contributed by atoms with Gasteiger partial charge in [-0.15, -0.1) is 0 Å². The van der Waals surface area contributed by atoms with Gasteiger partial charge in [-0.1, -0.05) is 48.4 Å². The lowest BCUT2D eigenvalue weighted by Crippen LogP contribution is -2.57. The van der Waals surface area contributed by atoms with E-state index in [4.69, 9.17) is 21.4 Å². The number of carboxylic acids is 1. The number of likely N-dealkylation sites (tertiary alicyclic amines) is 1. The molecule has 1 atom stereocenters. The maximum absolute atomic E-state index is 13.8. The van der Waals surface area contributed by atoms with E-state index in [1.807, 2.05) is 0 Å². The smallest absolute Gasteiger partial charge is 0.430 e. The van der Waals surface area contributed by atoms with Crippen molar-refractivity contribution in [2.75, 3.05) is 19.7 Å². The van der Waals surface area contributed by atoms with Crippen molar-refractivity contribution in [2.45, 2.75) is 43.9 Å². The van der Waals surface area contributed by atoms with E-state index in [1.165, 1.54) is 30.3 Å². The molecule has 0 saturated carbocycles. The van der Waals surface area contributed by atoms with Crippen molar-refractivity contribution < 1.29 is 37.7 Å². The number of piperidine rings is 1. The zero-order chi connectivity index (χ0) is 25.6. The summed E-state index contributed by atoms with van der Waals surface area (Å²) in [5.74, 6) is -1.71. The number of unbranched alkanes of at least 4 members (excludes halogenated alkanes) is 1. The first-order chi connectivity index (χ1) is 16.5. The van der Waals surface area contributed by atoms with E-state index in [0.29, 0.717) is 25.2 Å². The number of hydrogen-bond acceptors (Lipinski definition) is 4. The summed E-state index contributed by atoms with van der Waals surface area (Å²) in [4.78, 5) is 24.9. The van der Waals surface area contributed by atoms with Crippen molar-refractivity contribution in [3.63, 3.8) is 0 Å². The Morgan fingerprint density at radius 3 is 2.29 bits per heavy atom. The molecule has 35 heavy (non-hydrogen) atoms. The minimum Gasteiger partial charge on any atom is -0.494 e. The molecule has 2 aromatic rings. The van der Waals surface area contributed by atoms with Crippen LogP contribution in [0, 0.1) is 5.92 Å². The monoisotopic (exact) mass is 513 g/mol. The van der Waals surface area contributed by atoms with E-state index < -0.39 is 29.2 Å². The maximum atomic E-state index is 13.8. The molecular weight excluding hydrogens is 487 g/mol. The summed E-state index contributed by atoms with van der Waals surface area (Å²) in [7, 11) is 0. The summed E-state index contributed by atoms with van der Waals surface area (Å²) in [6, 6.07) is 10.8. The summed E-state index contributed by atoms with van der Waals surface area (Å²) in [6.07, 6.45) is -1.62. The second-order valence-corrected chi connectivity index (χ2v) is 9.01. The third-order valence-corrected chi connectivity index (χ3v) is 6.57. The van der Waals surface area contributed by atoms with Gasteiger partial charge < -0.3 is 19.8 Å². The molecule has 0 spiro atoms. The van der Waals surface area contributed by atoms with E-state index in [2.05, 4.69) is 0 Å². The van der Waals surface area contributed by atoms with E-state index in [9.17, 15) is 27.9 Å². The minimum absolute atomic E-state index is 0.00119. The molecule has 1 heterocycles. The summed E-state index contributed by atoms with van der Waals surface area (Å²) < 4.78 is 46.9. The summed E-state index contributed by atoms with van der Waals surface area (Å²) in [6.45, 7) is 0.717. The summed E-state index contributed by atoms with van der Waals surface area (Å²) in [5, 5.41) is 19.6. The van der Waals surface area contributed by atoms with E-state index >= 15 is 0 Å². The Bertz CT molecular complexity index is 1030. The fraction of sp³-hybridized carbons (Fsp3) is 0.440. The van der Waals surface area contributed by atoms with Gasteiger partial charge in [-0.25, -0.2) is 4.79 Å². The number of rotatable bonds is 9. The first-order valence-electron chi connectivity index (χ1n) is 11.3. The van der Waals surface area contributed by atoms with Crippen molar-refractivity contribution in [2.24, 2.45) is 5.92 Å². The molecule has 3 rings (SSSR count). The Morgan fingerprint density at radius 2 is 1.71 bits per heavy atom. The molecule has 1 aliphatic heterocycles. The van der Waals surface area contributed by atoms with Gasteiger partial charge in [0.1, 0.15) is 5.75 Å². The molecule has 2 N–H and O–H groups in total. The molecule has 2 aromatic carbocycles. The number of hydrogen-bond donors (Lipinski definition) is 2. The van der Waals surface area contributed by atoms with Crippen LogP contribution in [0.2, 0.25) is 5.02 Å². The minimum atomic E-state index is -5.14. The van der Waals surface area contributed by atoms with Gasteiger partial charge in [0.25, 0.3) is 11.5 Å². The number of nitrogens with zero attached hydrogens (tertiary/aromatic N) is 1. The van der Waals surface area contributed by atoms with Gasteiger partial charge in [-0.2, -0.15) is 13.2 Å². The van der Waals surface area contributed by atoms with Gasteiger partial charge in [-0.3, -0.25) is 4.79 Å². The van der Waals surface area contributed by atoms with E-state index in [0.717, 1.165) is 36.3 Å². The number of aromatic carboxylic acids is 1. The first-order valence-corrected chi connectivity index (χ1v) is 11.7. The molecule has 1 fully saturated rings. The fourth-order valence-corrected chi connectivity index (χ4v) is 4.48. The molecule has 0 radical (unpaired) electrons. The van der Waals surface area contributed by atoms with Gasteiger partial charge in [-0.05, 0) is 49.8 Å². The number of carbonyl (C=O) groups is 2. The maximum Gasteiger partial charge on any atom is 0.430 e. The number of alkyl halides is 3. The van der Waals surface area contributed by atoms with Crippen LogP contribution in [-0.4, -0.2) is 52.9 Å². The van der Waals surface area contributed by atoms with E-state index in [-0.39, 0.29) is 29.6 Å². The normalized spacial score (nSPS) is 16.5. The highest BCUT2D eigenvalue weighted by atomic mass is 35.5. The van der Waals surface area contributed by atoms with Crippen LogP contribution in [0.4, 0.5) is 13.2 Å². The van der Waals surface area contributed by atoms with Gasteiger partial charge in [0.2, 0.25) is 0 Å². The number of ether oxygens (including phenoxy) is 1. The fourth-order valence-electron chi connectivity index (χ4n) is 4.23. The molecule has 0 aliphatic carbocycles. The highest BCUT2D eigenvalue weighted by Crippen LogP contribution is 2.41. The molecule has 0 unspecified atom stereocenters. The number of amides is 1. The average molecular weight is 514 g/mol. The van der Waals surface area contributed by atoms with E-state index in [1.54, 1.807) is 6.07 Å². The van der Waals surface area contributed by atoms with Crippen LogP contribution in [0.5, 0.6) is 5.75 Å². The highest BCUT2D eigenvalue weighted by molar-refractivity contribution is 6.33. The second kappa shape index (κ2) is 11.3. The van der Waals surface area contributed by atoms with Crippen molar-refractivity contribution in [1.82, 2.24) is 4.90 Å². The predicted molar refractivity (Wildman–Crippen MR) is 123 cm³/mol. The largest absolute Gasteiger partial charge is 0.494 e. The van der Waals surface area contributed by atoms with Crippen LogP contribution in [0.25, 0.3) is 0 Å². The van der Waals surface area contributed by atoms with Crippen molar-refractivity contribution in [3.8, 4) is 5.75 Å². The molecule has 190 valence electrons. The van der Waals surface area contributed by atoms with Gasteiger partial charge in [0.05, 0.1) is 17.2 Å². The third-order valence-electron chi connectivity index (χ3n) is 6.26. The van der Waals surface area contributed by atoms with Crippen molar-refractivity contribution >= 4 is 23.5 Å². The molecule has 1 aliphatic rings. The Balaban J connectivity index is 1.45. The Hall–Kier alpha value is -2.78. The second-order valence-electron chi connectivity index (χ2n) is 8.60. The van der Waals surface area contributed by atoms with Crippen LogP contribution in [-0.2, 0) is 10.4 Å². The quantitative estimate of drug-likeness (QED) is 0.446. The Morgan fingerprint density at radius 1 is 1.06 bits per heavy atom. The number of benzene rings is 2. The lowest BCUT2D eigenvalue weighted by Gasteiger charge is -2.38. The number of aliphatic hydroxyl groups is 1. The zero-order valence-corrected chi connectivity index (χ0v) is 19.7. The lowest BCUT2D eigenvalue weighted by atomic mass is 9.88. The van der Waals surface area contributed by atoms with Crippen molar-refractivity contribution in [3.05, 3.63) is 64.7 Å². The zero-order valence-electron chi connectivity index (χ0n) is 18.9. The van der Waals surface area contributed by atoms with Gasteiger partial charge >= 0.3 is 12.1 Å². The third kappa shape index (κ3) is 6.27. The van der Waals surface area contributed by atoms with Crippen LogP contribution in [0.1, 0.15) is 48.0 Å². The molecule has 1 saturated heterocycles. The molecule has 0 bridgehead atoms. The van der Waals surface area contributed by atoms with Crippen molar-refractivity contribution in [1.29, 1.82) is 0 Å². The number of carboxylic acid groups (broad SMARTS) is 1. The molecule has 0 aromatic heterocycles. The standard InChI is InChI=1S/C25H27ClF3NO5/c26-21-16-19(9-10-20(21)22(31)32)35-15-5-4-6-17-11-13-30(14-12-17)23(33)24(34,25(27,28)29)18-7-2-1-3-8-18/h1-3,7-10,16-17,34H,4-6,11-15H2,(H,31,32)/t24-/m0/s1. The van der Waals surface area contributed by atoms with Crippen LogP contribution >= 0.6 is 11.6 Å². The van der Waals surface area contributed by atoms with Crippen LogP contribution in [0.15, 0.2) is 48.5 Å². The topological polar surface area (TPSA) is 87.1 Å². The summed E-state index contributed by atoms with van der Waals surface area (Å²) >= 11 is 5.92. The Kier molecular flexibility index (Phi) is 8.66. The molecule has 10 heteroatoms. The predicted octanol–water partition coefficient (Wildman–Crippen LogP) is 5.28. The highest BCUT2D eigenvalue weighted by Gasteiger charge is 2.62. The van der Waals surface area contributed by atoms with Crippen LogP contribution < -0.4 is 4.74 Å². The Labute approximate surface area is 206 Å². The summed E-state index contributed by atoms with van der Waals surface area (Å²) in [5.41, 5.74) is -4.05. The first kappa shape index (κ1) is 26.8. The average Bonchev–Trinajstić information content (AvgIpc) is 2.83. The molecule has 6 nitrogen and oxygen atoms in total. The molecular formula is C25H27ClF3NO5. The molecule has 1 amide bonds. The number of halogens is 4. The van der Waals surface area contributed by atoms with Gasteiger partial charge in [0.15, 0.2) is 0 Å². The SMILES string of the molecule is O=C(O)c1ccc(OCCCCC2CCN(C(=O)[C@@](O)(c3ccccc3)C(F)(F)F)CC2)cc1Cl. The van der Waals surface area contributed by atoms with Crippen LogP contribution in [0.3, 0.4) is 0 Å². The van der Waals surface area contributed by atoms with Gasteiger partial charge in [0, 0.05) is 18.7 Å². The lowest BCUT2D eigenvalue weighted by molar-refractivity contribution is -0.262.